The molecule has 5 heteroatoms. The zero-order valence-electron chi connectivity index (χ0n) is 20.0. The molecule has 0 aliphatic carbocycles. The van der Waals surface area contributed by atoms with Crippen molar-refractivity contribution in [1.82, 2.24) is 4.90 Å². The second-order valence-electron chi connectivity index (χ2n) is 8.83. The van der Waals surface area contributed by atoms with Gasteiger partial charge in [0.05, 0.1) is 17.4 Å². The van der Waals surface area contributed by atoms with Crippen LogP contribution in [-0.2, 0) is 20.3 Å². The molecule has 0 saturated carbocycles. The number of aryl methyl sites for hydroxylation is 3. The van der Waals surface area contributed by atoms with Gasteiger partial charge in [-0.15, -0.1) is 0 Å². The number of carbonyl (C=O) groups is 1. The van der Waals surface area contributed by atoms with E-state index in [4.69, 9.17) is 4.74 Å². The molecule has 1 heterocycles. The summed E-state index contributed by atoms with van der Waals surface area (Å²) in [5.74, 6) is 0.277. The van der Waals surface area contributed by atoms with Crippen LogP contribution in [0.25, 0.3) is 6.08 Å². The number of carbonyl (C=O) groups excluding carboxylic acids is 1. The lowest BCUT2D eigenvalue weighted by molar-refractivity contribution is -0.127. The van der Waals surface area contributed by atoms with Crippen molar-refractivity contribution in [2.75, 3.05) is 25.4 Å². The molecule has 0 bridgehead atoms. The van der Waals surface area contributed by atoms with Crippen molar-refractivity contribution in [3.63, 3.8) is 0 Å². The van der Waals surface area contributed by atoms with E-state index in [1.807, 2.05) is 31.2 Å². The van der Waals surface area contributed by atoms with Gasteiger partial charge in [0.15, 0.2) is 0 Å². The molecule has 0 spiro atoms. The Hall–Kier alpha value is -3.02. The van der Waals surface area contributed by atoms with Crippen LogP contribution < -0.4 is 0 Å². The molecule has 1 aliphatic rings. The summed E-state index contributed by atoms with van der Waals surface area (Å²) in [6.45, 7) is 7.47. The number of ether oxygens (including phenoxy) is 1. The number of hydrogen-bond acceptors (Lipinski definition) is 3. The van der Waals surface area contributed by atoms with Crippen LogP contribution in [0, 0.1) is 20.8 Å². The van der Waals surface area contributed by atoms with E-state index in [9.17, 15) is 9.00 Å². The van der Waals surface area contributed by atoms with Crippen LogP contribution in [0.2, 0.25) is 0 Å². The summed E-state index contributed by atoms with van der Waals surface area (Å²) in [5, 5.41) is 0. The first-order chi connectivity index (χ1) is 16.4. The average Bonchev–Trinajstić information content (AvgIpc) is 2.83. The highest BCUT2D eigenvalue weighted by molar-refractivity contribution is 7.90. The highest BCUT2D eigenvalue weighted by atomic mass is 32.2. The Kier molecular flexibility index (Phi) is 7.76. The number of rotatable bonds is 7. The van der Waals surface area contributed by atoms with Crippen molar-refractivity contribution in [1.29, 1.82) is 0 Å². The molecule has 0 aromatic heterocycles. The van der Waals surface area contributed by atoms with E-state index >= 15 is 0 Å². The third-order valence-electron chi connectivity index (χ3n) is 6.07. The Labute approximate surface area is 204 Å². The summed E-state index contributed by atoms with van der Waals surface area (Å²) in [4.78, 5) is 15.2. The van der Waals surface area contributed by atoms with Gasteiger partial charge in [-0.05, 0) is 43.5 Å². The molecule has 1 aliphatic heterocycles. The van der Waals surface area contributed by atoms with Crippen LogP contribution in [-0.4, -0.2) is 40.5 Å². The minimum atomic E-state index is -1.28. The van der Waals surface area contributed by atoms with E-state index in [1.54, 1.807) is 11.0 Å². The number of nitrogens with zero attached hydrogens (tertiary/aromatic N) is 1. The Morgan fingerprint density at radius 1 is 0.853 bits per heavy atom. The SMILES string of the molecule is Cc1ccc(C=C2C(=O)N(CCOC(c3ccc(C)cc3)c3ccc(C)cc3)CCS2=O)cc1. The number of amides is 1. The van der Waals surface area contributed by atoms with Gasteiger partial charge in [-0.25, -0.2) is 0 Å². The van der Waals surface area contributed by atoms with Gasteiger partial charge < -0.3 is 9.64 Å². The summed E-state index contributed by atoms with van der Waals surface area (Å²) in [5.41, 5.74) is 6.60. The van der Waals surface area contributed by atoms with Crippen LogP contribution in [0.4, 0.5) is 0 Å². The van der Waals surface area contributed by atoms with Crippen molar-refractivity contribution in [2.24, 2.45) is 0 Å². The molecule has 34 heavy (non-hydrogen) atoms. The Bertz CT molecular complexity index is 1140. The highest BCUT2D eigenvalue weighted by Gasteiger charge is 2.29. The third-order valence-corrected chi connectivity index (χ3v) is 7.41. The molecule has 1 saturated heterocycles. The molecule has 1 unspecified atom stereocenters. The molecule has 0 radical (unpaired) electrons. The molecule has 3 aromatic rings. The Morgan fingerprint density at radius 3 is 1.88 bits per heavy atom. The molecular formula is C29H31NO3S. The smallest absolute Gasteiger partial charge is 0.262 e. The zero-order valence-corrected chi connectivity index (χ0v) is 20.8. The maximum absolute atomic E-state index is 13.1. The fourth-order valence-corrected chi connectivity index (χ4v) is 5.16. The fraction of sp³-hybridized carbons (Fsp3) is 0.276. The Balaban J connectivity index is 1.46. The van der Waals surface area contributed by atoms with Crippen LogP contribution in [0.1, 0.15) is 39.5 Å². The summed E-state index contributed by atoms with van der Waals surface area (Å²) in [6.07, 6.45) is 1.55. The van der Waals surface area contributed by atoms with Gasteiger partial charge in [0.2, 0.25) is 0 Å². The maximum atomic E-state index is 13.1. The van der Waals surface area contributed by atoms with Crippen LogP contribution in [0.5, 0.6) is 0 Å². The first kappa shape index (κ1) is 24.1. The monoisotopic (exact) mass is 473 g/mol. The summed E-state index contributed by atoms with van der Waals surface area (Å²) < 4.78 is 18.9. The van der Waals surface area contributed by atoms with Crippen LogP contribution in [0.15, 0.2) is 77.7 Å². The molecule has 1 amide bonds. The molecular weight excluding hydrogens is 442 g/mol. The lowest BCUT2D eigenvalue weighted by atomic mass is 9.99. The maximum Gasteiger partial charge on any atom is 0.262 e. The summed E-state index contributed by atoms with van der Waals surface area (Å²) in [6, 6.07) is 24.6. The van der Waals surface area contributed by atoms with Crippen molar-refractivity contribution in [3.8, 4) is 0 Å². The lowest BCUT2D eigenvalue weighted by Crippen LogP contribution is -2.43. The molecule has 1 fully saturated rings. The number of hydrogen-bond donors (Lipinski definition) is 0. The lowest BCUT2D eigenvalue weighted by Gasteiger charge is -2.29. The fourth-order valence-electron chi connectivity index (χ4n) is 3.96. The summed E-state index contributed by atoms with van der Waals surface area (Å²) in [7, 11) is -1.28. The van der Waals surface area contributed by atoms with Gasteiger partial charge in [-0.1, -0.05) is 89.5 Å². The second-order valence-corrected chi connectivity index (χ2v) is 10.4. The standard InChI is InChI=1S/C29H31NO3S/c1-21-4-10-24(11-5-21)20-27-29(31)30(17-19-34(27)32)16-18-33-28(25-12-6-22(2)7-13-25)26-14-8-23(3)9-15-26/h4-15,20,28H,16-19H2,1-3H3. The van der Waals surface area contributed by atoms with E-state index in [0.717, 1.165) is 22.3 Å². The largest absolute Gasteiger partial charge is 0.367 e. The molecule has 1 atom stereocenters. The van der Waals surface area contributed by atoms with Gasteiger partial charge in [0.1, 0.15) is 11.0 Å². The zero-order chi connectivity index (χ0) is 24.1. The quantitative estimate of drug-likeness (QED) is 0.435. The molecule has 3 aromatic carbocycles. The van der Waals surface area contributed by atoms with E-state index in [-0.39, 0.29) is 12.0 Å². The topological polar surface area (TPSA) is 46.6 Å². The third kappa shape index (κ3) is 5.91. The number of benzene rings is 3. The van der Waals surface area contributed by atoms with Gasteiger partial charge in [0, 0.05) is 18.8 Å². The predicted octanol–water partition coefficient (Wildman–Crippen LogP) is 5.35. The van der Waals surface area contributed by atoms with Gasteiger partial charge in [-0.3, -0.25) is 9.00 Å². The Morgan fingerprint density at radius 2 is 1.35 bits per heavy atom. The van der Waals surface area contributed by atoms with E-state index in [0.29, 0.717) is 30.4 Å². The van der Waals surface area contributed by atoms with Gasteiger partial charge >= 0.3 is 0 Å². The minimum absolute atomic E-state index is 0.170. The second kappa shape index (κ2) is 10.9. The van der Waals surface area contributed by atoms with E-state index in [1.165, 1.54) is 11.1 Å². The van der Waals surface area contributed by atoms with Gasteiger partial charge in [-0.2, -0.15) is 0 Å². The molecule has 176 valence electrons. The van der Waals surface area contributed by atoms with E-state index < -0.39 is 10.8 Å². The van der Waals surface area contributed by atoms with E-state index in [2.05, 4.69) is 62.4 Å². The molecule has 4 nitrogen and oxygen atoms in total. The van der Waals surface area contributed by atoms with Crippen molar-refractivity contribution in [3.05, 3.63) is 111 Å². The average molecular weight is 474 g/mol. The highest BCUT2D eigenvalue weighted by Crippen LogP contribution is 2.27. The van der Waals surface area contributed by atoms with Gasteiger partial charge in [0.25, 0.3) is 5.91 Å². The van der Waals surface area contributed by atoms with Crippen molar-refractivity contribution < 1.29 is 13.7 Å². The predicted molar refractivity (Wildman–Crippen MR) is 139 cm³/mol. The molecule has 4 rings (SSSR count). The first-order valence-corrected chi connectivity index (χ1v) is 12.9. The van der Waals surface area contributed by atoms with Crippen LogP contribution >= 0.6 is 0 Å². The first-order valence-electron chi connectivity index (χ1n) is 11.6. The normalized spacial score (nSPS) is 17.5. The molecule has 0 N–H and O–H groups in total. The van der Waals surface area contributed by atoms with Crippen LogP contribution in [0.3, 0.4) is 0 Å². The van der Waals surface area contributed by atoms with Crippen molar-refractivity contribution in [2.45, 2.75) is 26.9 Å². The minimum Gasteiger partial charge on any atom is -0.367 e. The summed E-state index contributed by atoms with van der Waals surface area (Å²) >= 11 is 0. The van der Waals surface area contributed by atoms with Crippen molar-refractivity contribution >= 4 is 22.8 Å².